The number of aryl methyl sites for hydroxylation is 1. The van der Waals surface area contributed by atoms with Gasteiger partial charge in [0, 0.05) is 35.8 Å². The lowest BCUT2D eigenvalue weighted by Crippen LogP contribution is -2.32. The molecule has 0 bridgehead atoms. The summed E-state index contributed by atoms with van der Waals surface area (Å²) in [6.45, 7) is 0. The van der Waals surface area contributed by atoms with E-state index in [1.54, 1.807) is 30.6 Å². The lowest BCUT2D eigenvalue weighted by atomic mass is 9.91. The van der Waals surface area contributed by atoms with Crippen LogP contribution in [-0.2, 0) is 6.42 Å². The maximum Gasteiger partial charge on any atom is 0.273 e. The van der Waals surface area contributed by atoms with E-state index in [0.29, 0.717) is 5.76 Å². The Balaban J connectivity index is 1.54. The highest BCUT2D eigenvalue weighted by molar-refractivity contribution is 5.93. The van der Waals surface area contributed by atoms with Crippen molar-refractivity contribution in [2.45, 2.75) is 25.3 Å². The van der Waals surface area contributed by atoms with Gasteiger partial charge in [0.05, 0.1) is 6.04 Å². The van der Waals surface area contributed by atoms with Gasteiger partial charge in [0.15, 0.2) is 11.5 Å². The van der Waals surface area contributed by atoms with Crippen LogP contribution >= 0.6 is 0 Å². The third kappa shape index (κ3) is 3.08. The third-order valence-electron chi connectivity index (χ3n) is 4.33. The molecule has 3 heterocycles. The van der Waals surface area contributed by atoms with Gasteiger partial charge in [-0.15, -0.1) is 0 Å². The normalized spacial score (nSPS) is 16.2. The SMILES string of the molecule is O=C(N[C@@H]1CCCc2[nH]c(=O)ccc21)c1cc(-c2cccnc2)on1. The number of fused-ring (bicyclic) bond motifs is 1. The second-order valence-electron chi connectivity index (χ2n) is 5.99. The van der Waals surface area contributed by atoms with Gasteiger partial charge in [0.1, 0.15) is 0 Å². The molecule has 7 heteroatoms. The summed E-state index contributed by atoms with van der Waals surface area (Å²) < 4.78 is 5.25. The predicted octanol–water partition coefficient (Wildman–Crippen LogP) is 2.23. The highest BCUT2D eigenvalue weighted by Crippen LogP contribution is 2.28. The molecule has 0 fully saturated rings. The van der Waals surface area contributed by atoms with Crippen molar-refractivity contribution in [3.05, 3.63) is 70.0 Å². The lowest BCUT2D eigenvalue weighted by Gasteiger charge is -2.25. The van der Waals surface area contributed by atoms with Crippen molar-refractivity contribution < 1.29 is 9.32 Å². The fraction of sp³-hybridized carbons (Fsp3) is 0.222. The van der Waals surface area contributed by atoms with Crippen molar-refractivity contribution in [3.8, 4) is 11.3 Å². The van der Waals surface area contributed by atoms with Crippen LogP contribution < -0.4 is 10.9 Å². The van der Waals surface area contributed by atoms with Crippen molar-refractivity contribution in [1.29, 1.82) is 0 Å². The fourth-order valence-electron chi connectivity index (χ4n) is 3.11. The minimum atomic E-state index is -0.303. The number of aromatic nitrogens is 3. The van der Waals surface area contributed by atoms with E-state index in [-0.39, 0.29) is 23.2 Å². The van der Waals surface area contributed by atoms with E-state index in [0.717, 1.165) is 36.1 Å². The summed E-state index contributed by atoms with van der Waals surface area (Å²) in [4.78, 5) is 30.8. The molecule has 126 valence electrons. The fourth-order valence-corrected chi connectivity index (χ4v) is 3.11. The minimum Gasteiger partial charge on any atom is -0.355 e. The van der Waals surface area contributed by atoms with Crippen molar-refractivity contribution in [1.82, 2.24) is 20.4 Å². The van der Waals surface area contributed by atoms with E-state index in [1.807, 2.05) is 6.07 Å². The summed E-state index contributed by atoms with van der Waals surface area (Å²) >= 11 is 0. The number of hydrogen-bond acceptors (Lipinski definition) is 5. The molecule has 0 saturated carbocycles. The first-order chi connectivity index (χ1) is 12.2. The molecular formula is C18H16N4O3. The van der Waals surface area contributed by atoms with Crippen molar-refractivity contribution in [3.63, 3.8) is 0 Å². The summed E-state index contributed by atoms with van der Waals surface area (Å²) in [5.74, 6) is 0.189. The van der Waals surface area contributed by atoms with Crippen molar-refractivity contribution in [2.75, 3.05) is 0 Å². The van der Waals surface area contributed by atoms with Gasteiger partial charge in [0.25, 0.3) is 5.91 Å². The number of nitrogens with one attached hydrogen (secondary N) is 2. The summed E-state index contributed by atoms with van der Waals surface area (Å²) in [7, 11) is 0. The second-order valence-corrected chi connectivity index (χ2v) is 5.99. The van der Waals surface area contributed by atoms with Crippen LogP contribution in [0, 0.1) is 0 Å². The van der Waals surface area contributed by atoms with Gasteiger partial charge in [-0.25, -0.2) is 0 Å². The number of H-pyrrole nitrogens is 1. The topological polar surface area (TPSA) is 101 Å². The Labute approximate surface area is 143 Å². The number of carbonyl (C=O) groups excluding carboxylic acids is 1. The van der Waals surface area contributed by atoms with Gasteiger partial charge >= 0.3 is 0 Å². The van der Waals surface area contributed by atoms with Crippen LogP contribution in [0.4, 0.5) is 0 Å². The summed E-state index contributed by atoms with van der Waals surface area (Å²) in [6, 6.07) is 8.34. The number of rotatable bonds is 3. The second kappa shape index (κ2) is 6.35. The summed E-state index contributed by atoms with van der Waals surface area (Å²) in [5, 5.41) is 6.83. The third-order valence-corrected chi connectivity index (χ3v) is 4.33. The van der Waals surface area contributed by atoms with Crippen LogP contribution in [0.1, 0.15) is 40.6 Å². The van der Waals surface area contributed by atoms with E-state index < -0.39 is 0 Å². The highest BCUT2D eigenvalue weighted by Gasteiger charge is 2.24. The molecule has 4 rings (SSSR count). The number of pyridine rings is 2. The van der Waals surface area contributed by atoms with E-state index in [4.69, 9.17) is 4.52 Å². The molecule has 25 heavy (non-hydrogen) atoms. The van der Waals surface area contributed by atoms with Crippen LogP contribution in [-0.4, -0.2) is 21.0 Å². The molecule has 3 aromatic rings. The summed E-state index contributed by atoms with van der Waals surface area (Å²) in [6.07, 6.45) is 5.84. The molecule has 7 nitrogen and oxygen atoms in total. The quantitative estimate of drug-likeness (QED) is 0.764. The van der Waals surface area contributed by atoms with E-state index in [1.165, 1.54) is 6.07 Å². The Kier molecular flexibility index (Phi) is 3.89. The van der Waals surface area contributed by atoms with Crippen LogP contribution in [0.5, 0.6) is 0 Å². The Morgan fingerprint density at radius 3 is 3.08 bits per heavy atom. The molecule has 0 aromatic carbocycles. The monoisotopic (exact) mass is 336 g/mol. The van der Waals surface area contributed by atoms with Gasteiger partial charge in [-0.1, -0.05) is 5.16 Å². The Hall–Kier alpha value is -3.22. The first-order valence-corrected chi connectivity index (χ1v) is 8.11. The van der Waals surface area contributed by atoms with Crippen molar-refractivity contribution in [2.24, 2.45) is 0 Å². The van der Waals surface area contributed by atoms with Gasteiger partial charge in [-0.3, -0.25) is 14.6 Å². The van der Waals surface area contributed by atoms with Gasteiger partial charge in [-0.2, -0.15) is 0 Å². The zero-order valence-electron chi connectivity index (χ0n) is 13.4. The van der Waals surface area contributed by atoms with Gasteiger partial charge in [-0.05, 0) is 43.0 Å². The molecule has 0 unspecified atom stereocenters. The molecule has 3 aromatic heterocycles. The van der Waals surface area contributed by atoms with E-state index in [2.05, 4.69) is 20.4 Å². The molecule has 0 aliphatic heterocycles. The zero-order chi connectivity index (χ0) is 17.2. The molecule has 0 spiro atoms. The number of hydrogen-bond donors (Lipinski definition) is 2. The standard InChI is InChI=1S/C18H16N4O3/c23-17-7-6-12-13(20-17)4-1-5-14(12)21-18(24)15-9-16(25-22-15)11-3-2-8-19-10-11/h2-3,6-10,14H,1,4-5H2,(H,20,23)(H,21,24)/t14-/m1/s1. The van der Waals surface area contributed by atoms with Gasteiger partial charge in [0.2, 0.25) is 5.56 Å². The minimum absolute atomic E-state index is 0.122. The predicted molar refractivity (Wildman–Crippen MR) is 89.9 cm³/mol. The van der Waals surface area contributed by atoms with Crippen LogP contribution in [0.2, 0.25) is 0 Å². The van der Waals surface area contributed by atoms with Gasteiger partial charge < -0.3 is 14.8 Å². The number of nitrogens with zero attached hydrogens (tertiary/aromatic N) is 2. The van der Waals surface area contributed by atoms with E-state index >= 15 is 0 Å². The van der Waals surface area contributed by atoms with Crippen LogP contribution in [0.3, 0.4) is 0 Å². The molecule has 0 radical (unpaired) electrons. The number of amides is 1. The van der Waals surface area contributed by atoms with E-state index in [9.17, 15) is 9.59 Å². The summed E-state index contributed by atoms with van der Waals surface area (Å²) in [5.41, 5.74) is 2.70. The molecule has 1 atom stereocenters. The Bertz CT molecular complexity index is 962. The number of aromatic amines is 1. The largest absolute Gasteiger partial charge is 0.355 e. The first kappa shape index (κ1) is 15.3. The average Bonchev–Trinajstić information content (AvgIpc) is 3.13. The molecule has 1 aliphatic rings. The molecule has 2 N–H and O–H groups in total. The smallest absolute Gasteiger partial charge is 0.273 e. The van der Waals surface area contributed by atoms with Crippen LogP contribution in [0.25, 0.3) is 11.3 Å². The maximum absolute atomic E-state index is 12.5. The lowest BCUT2D eigenvalue weighted by molar-refractivity contribution is 0.0923. The Morgan fingerprint density at radius 1 is 1.32 bits per heavy atom. The molecular weight excluding hydrogens is 320 g/mol. The highest BCUT2D eigenvalue weighted by atomic mass is 16.5. The Morgan fingerprint density at radius 2 is 2.24 bits per heavy atom. The van der Waals surface area contributed by atoms with Crippen molar-refractivity contribution >= 4 is 5.91 Å². The zero-order valence-corrected chi connectivity index (χ0v) is 13.4. The first-order valence-electron chi connectivity index (χ1n) is 8.11. The molecule has 1 aliphatic carbocycles. The maximum atomic E-state index is 12.5. The average molecular weight is 336 g/mol. The van der Waals surface area contributed by atoms with Crippen LogP contribution in [0.15, 0.2) is 52.0 Å². The molecule has 1 amide bonds. The molecule has 0 saturated heterocycles. The number of carbonyl (C=O) groups is 1.